The molecule has 0 aliphatic carbocycles. The molecule has 0 atom stereocenters. The fourth-order valence-corrected chi connectivity index (χ4v) is 2.19. The number of amides is 1. The van der Waals surface area contributed by atoms with E-state index >= 15 is 0 Å². The smallest absolute Gasteiger partial charge is 0.224 e. The monoisotopic (exact) mass is 276 g/mol. The maximum Gasteiger partial charge on any atom is 0.224 e. The molecule has 0 aliphatic heterocycles. The zero-order chi connectivity index (χ0) is 13.5. The van der Waals surface area contributed by atoms with Crippen molar-refractivity contribution in [2.24, 2.45) is 0 Å². The van der Waals surface area contributed by atoms with Crippen LogP contribution in [0.5, 0.6) is 5.75 Å². The molecule has 1 amide bonds. The van der Waals surface area contributed by atoms with E-state index < -0.39 is 0 Å². The first kappa shape index (κ1) is 13.5. The van der Waals surface area contributed by atoms with Crippen LogP contribution in [0.15, 0.2) is 35.2 Å². The quantitative estimate of drug-likeness (QED) is 0.881. The van der Waals surface area contributed by atoms with Crippen molar-refractivity contribution in [3.8, 4) is 5.75 Å². The Morgan fingerprint density at radius 1 is 1.37 bits per heavy atom. The van der Waals surface area contributed by atoms with Crippen molar-refractivity contribution in [3.05, 3.63) is 46.4 Å². The van der Waals surface area contributed by atoms with Gasteiger partial charge in [0.25, 0.3) is 0 Å². The molecule has 0 spiro atoms. The van der Waals surface area contributed by atoms with Crippen molar-refractivity contribution >= 4 is 17.2 Å². The van der Waals surface area contributed by atoms with Gasteiger partial charge in [-0.15, -0.1) is 11.3 Å². The summed E-state index contributed by atoms with van der Waals surface area (Å²) in [5.41, 5.74) is 3.62. The number of nitrogens with zero attached hydrogens (tertiary/aromatic N) is 1. The number of ether oxygens (including phenoxy) is 1. The van der Waals surface area contributed by atoms with Gasteiger partial charge in [-0.25, -0.2) is 4.98 Å². The van der Waals surface area contributed by atoms with Gasteiger partial charge < -0.3 is 10.1 Å². The Labute approximate surface area is 116 Å². The number of carbonyl (C=O) groups is 1. The van der Waals surface area contributed by atoms with Gasteiger partial charge in [0.15, 0.2) is 0 Å². The molecule has 5 heteroatoms. The number of hydrogen-bond donors (Lipinski definition) is 1. The molecule has 2 aromatic rings. The number of nitrogens with one attached hydrogen (secondary N) is 1. The number of carbonyl (C=O) groups excluding carboxylic acids is 1. The van der Waals surface area contributed by atoms with Gasteiger partial charge in [-0.3, -0.25) is 4.79 Å². The van der Waals surface area contributed by atoms with Gasteiger partial charge in [0.1, 0.15) is 5.75 Å². The minimum absolute atomic E-state index is 0.00263. The van der Waals surface area contributed by atoms with E-state index in [1.165, 1.54) is 11.3 Å². The van der Waals surface area contributed by atoms with Gasteiger partial charge in [0.2, 0.25) is 5.91 Å². The first-order valence-electron chi connectivity index (χ1n) is 6.13. The predicted octanol–water partition coefficient (Wildman–Crippen LogP) is 2.40. The van der Waals surface area contributed by atoms with Gasteiger partial charge in [0, 0.05) is 5.38 Å². The third-order valence-corrected chi connectivity index (χ3v) is 3.18. The van der Waals surface area contributed by atoms with Gasteiger partial charge in [-0.2, -0.15) is 0 Å². The Morgan fingerprint density at radius 2 is 2.16 bits per heavy atom. The summed E-state index contributed by atoms with van der Waals surface area (Å²) in [5.74, 6) is 0.825. The SMILES string of the molecule is CCOc1ccc(CC(=O)NCc2cscn2)cc1. The van der Waals surface area contributed by atoms with Crippen molar-refractivity contribution in [1.29, 1.82) is 0 Å². The van der Waals surface area contributed by atoms with Crippen LogP contribution in [-0.4, -0.2) is 17.5 Å². The average molecular weight is 276 g/mol. The van der Waals surface area contributed by atoms with Crippen LogP contribution in [0.1, 0.15) is 18.2 Å². The summed E-state index contributed by atoms with van der Waals surface area (Å²) in [6, 6.07) is 7.58. The molecule has 0 fully saturated rings. The van der Waals surface area contributed by atoms with E-state index in [0.29, 0.717) is 19.6 Å². The van der Waals surface area contributed by atoms with Crippen LogP contribution in [0.3, 0.4) is 0 Å². The van der Waals surface area contributed by atoms with E-state index in [0.717, 1.165) is 17.0 Å². The third kappa shape index (κ3) is 4.37. The van der Waals surface area contributed by atoms with E-state index in [9.17, 15) is 4.79 Å². The molecule has 0 radical (unpaired) electrons. The zero-order valence-electron chi connectivity index (χ0n) is 10.8. The summed E-state index contributed by atoms with van der Waals surface area (Å²) in [6.07, 6.45) is 0.372. The molecule has 0 saturated heterocycles. The van der Waals surface area contributed by atoms with Crippen LogP contribution < -0.4 is 10.1 Å². The number of benzene rings is 1. The second kappa shape index (κ2) is 6.89. The van der Waals surface area contributed by atoms with Crippen molar-refractivity contribution in [2.75, 3.05) is 6.61 Å². The molecule has 0 bridgehead atoms. The van der Waals surface area contributed by atoms with Crippen LogP contribution in [0.2, 0.25) is 0 Å². The van der Waals surface area contributed by atoms with Gasteiger partial charge in [-0.1, -0.05) is 12.1 Å². The molecule has 100 valence electrons. The van der Waals surface area contributed by atoms with Gasteiger partial charge >= 0.3 is 0 Å². The Kier molecular flexibility index (Phi) is 4.92. The summed E-state index contributed by atoms with van der Waals surface area (Å²) in [6.45, 7) is 3.08. The van der Waals surface area contributed by atoms with Gasteiger partial charge in [0.05, 0.1) is 30.8 Å². The Morgan fingerprint density at radius 3 is 2.79 bits per heavy atom. The maximum absolute atomic E-state index is 11.8. The van der Waals surface area contributed by atoms with Crippen LogP contribution in [0.4, 0.5) is 0 Å². The van der Waals surface area contributed by atoms with Crippen LogP contribution in [0.25, 0.3) is 0 Å². The fraction of sp³-hybridized carbons (Fsp3) is 0.286. The largest absolute Gasteiger partial charge is 0.494 e. The Balaban J connectivity index is 1.81. The van der Waals surface area contributed by atoms with E-state index in [2.05, 4.69) is 10.3 Å². The van der Waals surface area contributed by atoms with E-state index in [-0.39, 0.29) is 5.91 Å². The second-order valence-corrected chi connectivity index (χ2v) is 4.73. The molecule has 0 aliphatic rings. The number of rotatable bonds is 6. The standard InChI is InChI=1S/C14H16N2O2S/c1-2-18-13-5-3-11(4-6-13)7-14(17)15-8-12-9-19-10-16-12/h3-6,9-10H,2,7-8H2,1H3,(H,15,17). The highest BCUT2D eigenvalue weighted by molar-refractivity contribution is 7.07. The lowest BCUT2D eigenvalue weighted by Crippen LogP contribution is -2.24. The van der Waals surface area contributed by atoms with E-state index in [4.69, 9.17) is 4.74 Å². The van der Waals surface area contributed by atoms with E-state index in [1.807, 2.05) is 36.6 Å². The topological polar surface area (TPSA) is 51.2 Å². The summed E-state index contributed by atoms with van der Waals surface area (Å²) < 4.78 is 5.35. The second-order valence-electron chi connectivity index (χ2n) is 4.01. The fourth-order valence-electron chi connectivity index (χ4n) is 1.63. The maximum atomic E-state index is 11.8. The van der Waals surface area contributed by atoms with Crippen LogP contribution >= 0.6 is 11.3 Å². The molecule has 1 aromatic carbocycles. The number of aromatic nitrogens is 1. The molecular formula is C14H16N2O2S. The zero-order valence-corrected chi connectivity index (χ0v) is 11.6. The minimum atomic E-state index is -0.00263. The molecule has 1 heterocycles. The highest BCUT2D eigenvalue weighted by Gasteiger charge is 2.04. The van der Waals surface area contributed by atoms with Gasteiger partial charge in [-0.05, 0) is 24.6 Å². The third-order valence-electron chi connectivity index (χ3n) is 2.55. The van der Waals surface area contributed by atoms with Crippen LogP contribution in [0, 0.1) is 0 Å². The Bertz CT molecular complexity index is 509. The summed E-state index contributed by atoms with van der Waals surface area (Å²) in [4.78, 5) is 15.9. The number of thiazole rings is 1. The molecule has 0 unspecified atom stereocenters. The van der Waals surface area contributed by atoms with Crippen molar-refractivity contribution in [2.45, 2.75) is 19.9 Å². The molecule has 1 aromatic heterocycles. The highest BCUT2D eigenvalue weighted by Crippen LogP contribution is 2.12. The van der Waals surface area contributed by atoms with Crippen molar-refractivity contribution in [3.63, 3.8) is 0 Å². The molecule has 0 saturated carbocycles. The normalized spacial score (nSPS) is 10.2. The lowest BCUT2D eigenvalue weighted by atomic mass is 10.1. The lowest BCUT2D eigenvalue weighted by Gasteiger charge is -2.05. The number of hydrogen-bond acceptors (Lipinski definition) is 4. The van der Waals surface area contributed by atoms with Crippen LogP contribution in [-0.2, 0) is 17.8 Å². The summed E-state index contributed by atoms with van der Waals surface area (Å²) in [7, 11) is 0. The van der Waals surface area contributed by atoms with Crippen molar-refractivity contribution in [1.82, 2.24) is 10.3 Å². The highest BCUT2D eigenvalue weighted by atomic mass is 32.1. The molecule has 1 N–H and O–H groups in total. The van der Waals surface area contributed by atoms with Crippen molar-refractivity contribution < 1.29 is 9.53 Å². The first-order chi connectivity index (χ1) is 9.28. The Hall–Kier alpha value is -1.88. The molecule has 4 nitrogen and oxygen atoms in total. The first-order valence-corrected chi connectivity index (χ1v) is 7.07. The average Bonchev–Trinajstić information content (AvgIpc) is 2.92. The summed E-state index contributed by atoms with van der Waals surface area (Å²) in [5, 5.41) is 4.78. The molecule has 2 rings (SSSR count). The molecule has 19 heavy (non-hydrogen) atoms. The minimum Gasteiger partial charge on any atom is -0.494 e. The summed E-state index contributed by atoms with van der Waals surface area (Å²) >= 11 is 1.53. The van der Waals surface area contributed by atoms with E-state index in [1.54, 1.807) is 5.51 Å². The predicted molar refractivity (Wildman–Crippen MR) is 75.3 cm³/mol. The molecular weight excluding hydrogens is 260 g/mol. The lowest BCUT2D eigenvalue weighted by molar-refractivity contribution is -0.120.